The first-order chi connectivity index (χ1) is 13.0. The predicted molar refractivity (Wildman–Crippen MR) is 112 cm³/mol. The minimum Gasteiger partial charge on any atom is -0.337 e. The fourth-order valence-corrected chi connectivity index (χ4v) is 4.33. The van der Waals surface area contributed by atoms with Crippen LogP contribution in [0.3, 0.4) is 0 Å². The Kier molecular flexibility index (Phi) is 6.80. The van der Waals surface area contributed by atoms with Crippen LogP contribution in [0.15, 0.2) is 48.5 Å². The Morgan fingerprint density at radius 2 is 1.56 bits per heavy atom. The molecule has 1 aliphatic heterocycles. The number of rotatable bonds is 2. The number of carbonyl (C=O) groups excluding carboxylic acids is 1. The van der Waals surface area contributed by atoms with Crippen molar-refractivity contribution in [2.45, 2.75) is 38.3 Å². The summed E-state index contributed by atoms with van der Waals surface area (Å²) in [6.45, 7) is 4.03. The van der Waals surface area contributed by atoms with Gasteiger partial charge in [-0.25, -0.2) is 0 Å². The van der Waals surface area contributed by atoms with E-state index in [1.807, 2.05) is 24.1 Å². The number of likely N-dealkylation sites (tertiary alicyclic amines) is 1. The van der Waals surface area contributed by atoms with Crippen LogP contribution in [0, 0.1) is 0 Å². The predicted octanol–water partition coefficient (Wildman–Crippen LogP) is 5.22. The standard InChI is InChI=1S/C16H22N2O.C6H4Cl2/c1-12(19)17(2)16-14-8-4-3-7-13(14)11-15(16)18-9-5-6-10-18;7-5-3-1-2-4-6(5)8/h3-4,7-8,15-16H,5-6,9-11H2,1-2H3;1-4H. The third-order valence-corrected chi connectivity index (χ3v) is 6.27. The molecule has 0 aromatic heterocycles. The van der Waals surface area contributed by atoms with Crippen molar-refractivity contribution < 1.29 is 4.79 Å². The number of fused-ring (bicyclic) bond motifs is 1. The highest BCUT2D eigenvalue weighted by molar-refractivity contribution is 6.41. The summed E-state index contributed by atoms with van der Waals surface area (Å²) in [4.78, 5) is 16.3. The van der Waals surface area contributed by atoms with Gasteiger partial charge in [-0.3, -0.25) is 9.69 Å². The molecule has 5 heteroatoms. The average molecular weight is 405 g/mol. The van der Waals surface area contributed by atoms with Gasteiger partial charge in [-0.1, -0.05) is 59.6 Å². The van der Waals surface area contributed by atoms with Crippen LogP contribution in [0.2, 0.25) is 10.0 Å². The Morgan fingerprint density at radius 1 is 1.00 bits per heavy atom. The molecule has 0 saturated carbocycles. The molecule has 1 fully saturated rings. The smallest absolute Gasteiger partial charge is 0.219 e. The lowest BCUT2D eigenvalue weighted by atomic mass is 10.0. The summed E-state index contributed by atoms with van der Waals surface area (Å²) in [6.07, 6.45) is 3.67. The minimum atomic E-state index is 0.158. The van der Waals surface area contributed by atoms with E-state index >= 15 is 0 Å². The maximum atomic E-state index is 11.8. The molecular weight excluding hydrogens is 379 g/mol. The number of carbonyl (C=O) groups is 1. The van der Waals surface area contributed by atoms with E-state index in [1.54, 1.807) is 19.1 Å². The van der Waals surface area contributed by atoms with Crippen molar-refractivity contribution in [2.24, 2.45) is 0 Å². The first-order valence-corrected chi connectivity index (χ1v) is 10.2. The van der Waals surface area contributed by atoms with Gasteiger partial charge in [-0.2, -0.15) is 0 Å². The second-order valence-corrected chi connectivity index (χ2v) is 8.02. The van der Waals surface area contributed by atoms with Gasteiger partial charge in [0.2, 0.25) is 5.91 Å². The largest absolute Gasteiger partial charge is 0.337 e. The number of amides is 1. The highest BCUT2D eigenvalue weighted by Gasteiger charge is 2.39. The summed E-state index contributed by atoms with van der Waals surface area (Å²) in [5.41, 5.74) is 2.76. The molecule has 2 atom stereocenters. The van der Waals surface area contributed by atoms with Crippen LogP contribution >= 0.6 is 23.2 Å². The lowest BCUT2D eigenvalue weighted by Gasteiger charge is -2.35. The molecule has 144 valence electrons. The molecule has 3 nitrogen and oxygen atoms in total. The fourth-order valence-electron chi connectivity index (χ4n) is 4.06. The van der Waals surface area contributed by atoms with E-state index in [1.165, 1.54) is 37.1 Å². The number of hydrogen-bond donors (Lipinski definition) is 0. The van der Waals surface area contributed by atoms with E-state index in [2.05, 4.69) is 29.2 Å². The van der Waals surface area contributed by atoms with Gasteiger partial charge in [0.05, 0.1) is 16.1 Å². The molecule has 1 heterocycles. The fraction of sp³-hybridized carbons (Fsp3) is 0.409. The van der Waals surface area contributed by atoms with Crippen LogP contribution in [-0.2, 0) is 11.2 Å². The lowest BCUT2D eigenvalue weighted by Crippen LogP contribution is -2.43. The number of nitrogens with zero attached hydrogens (tertiary/aromatic N) is 2. The second-order valence-electron chi connectivity index (χ2n) is 7.20. The van der Waals surface area contributed by atoms with E-state index in [-0.39, 0.29) is 11.9 Å². The average Bonchev–Trinajstić information content (AvgIpc) is 3.31. The Bertz CT molecular complexity index is 768. The van der Waals surface area contributed by atoms with Crippen molar-refractivity contribution in [3.05, 3.63) is 69.7 Å². The van der Waals surface area contributed by atoms with Crippen molar-refractivity contribution in [3.63, 3.8) is 0 Å². The normalized spacial score (nSPS) is 21.3. The highest BCUT2D eigenvalue weighted by Crippen LogP contribution is 2.39. The Labute approximate surface area is 171 Å². The molecule has 1 aliphatic carbocycles. The minimum absolute atomic E-state index is 0.158. The Morgan fingerprint density at radius 3 is 2.11 bits per heavy atom. The number of halogens is 2. The van der Waals surface area contributed by atoms with Crippen molar-refractivity contribution >= 4 is 29.1 Å². The van der Waals surface area contributed by atoms with E-state index in [9.17, 15) is 4.79 Å². The molecule has 27 heavy (non-hydrogen) atoms. The lowest BCUT2D eigenvalue weighted by molar-refractivity contribution is -0.130. The van der Waals surface area contributed by atoms with Crippen molar-refractivity contribution in [1.82, 2.24) is 9.80 Å². The van der Waals surface area contributed by atoms with Gasteiger partial charge < -0.3 is 4.90 Å². The summed E-state index contributed by atoms with van der Waals surface area (Å²) in [7, 11) is 1.94. The van der Waals surface area contributed by atoms with Gasteiger partial charge in [0, 0.05) is 20.0 Å². The van der Waals surface area contributed by atoms with E-state index in [0.29, 0.717) is 16.1 Å². The van der Waals surface area contributed by atoms with Crippen LogP contribution in [0.5, 0.6) is 0 Å². The monoisotopic (exact) mass is 404 g/mol. The topological polar surface area (TPSA) is 23.6 Å². The molecule has 4 rings (SSSR count). The summed E-state index contributed by atoms with van der Waals surface area (Å²) in [5, 5.41) is 1.21. The molecule has 2 aromatic carbocycles. The van der Waals surface area contributed by atoms with Crippen LogP contribution in [0.4, 0.5) is 0 Å². The third-order valence-electron chi connectivity index (χ3n) is 5.52. The van der Waals surface area contributed by atoms with Gasteiger partial charge >= 0.3 is 0 Å². The van der Waals surface area contributed by atoms with E-state index < -0.39 is 0 Å². The van der Waals surface area contributed by atoms with Crippen molar-refractivity contribution in [3.8, 4) is 0 Å². The van der Waals surface area contributed by atoms with Gasteiger partial charge in [-0.15, -0.1) is 0 Å². The molecular formula is C22H26Cl2N2O. The molecule has 0 radical (unpaired) electrons. The molecule has 0 spiro atoms. The van der Waals surface area contributed by atoms with Gasteiger partial charge in [0.1, 0.15) is 0 Å². The van der Waals surface area contributed by atoms with Gasteiger partial charge in [0.15, 0.2) is 0 Å². The zero-order valence-electron chi connectivity index (χ0n) is 15.9. The van der Waals surface area contributed by atoms with Gasteiger partial charge in [0.25, 0.3) is 0 Å². The summed E-state index contributed by atoms with van der Waals surface area (Å²) in [5.74, 6) is 0.158. The number of likely N-dealkylation sites (N-methyl/N-ethyl adjacent to an activating group) is 1. The van der Waals surface area contributed by atoms with Crippen molar-refractivity contribution in [2.75, 3.05) is 20.1 Å². The quantitative estimate of drug-likeness (QED) is 0.684. The van der Waals surface area contributed by atoms with Crippen LogP contribution in [0.25, 0.3) is 0 Å². The summed E-state index contributed by atoms with van der Waals surface area (Å²) < 4.78 is 0. The molecule has 0 N–H and O–H groups in total. The van der Waals surface area contributed by atoms with E-state index in [4.69, 9.17) is 23.2 Å². The maximum absolute atomic E-state index is 11.8. The molecule has 2 aromatic rings. The first-order valence-electron chi connectivity index (χ1n) is 9.44. The zero-order valence-corrected chi connectivity index (χ0v) is 17.4. The molecule has 2 aliphatic rings. The van der Waals surface area contributed by atoms with Crippen molar-refractivity contribution in [1.29, 1.82) is 0 Å². The summed E-state index contributed by atoms with van der Waals surface area (Å²) in [6, 6.07) is 16.5. The Balaban J connectivity index is 0.000000221. The molecule has 1 saturated heterocycles. The molecule has 2 unspecified atom stereocenters. The first kappa shape index (κ1) is 20.2. The highest BCUT2D eigenvalue weighted by atomic mass is 35.5. The van der Waals surface area contributed by atoms with Crippen LogP contribution < -0.4 is 0 Å². The summed E-state index contributed by atoms with van der Waals surface area (Å²) >= 11 is 11.2. The van der Waals surface area contributed by atoms with Gasteiger partial charge in [-0.05, 0) is 55.6 Å². The molecule has 1 amide bonds. The van der Waals surface area contributed by atoms with E-state index in [0.717, 1.165) is 6.42 Å². The van der Waals surface area contributed by atoms with Crippen LogP contribution in [0.1, 0.15) is 36.9 Å². The van der Waals surface area contributed by atoms with Crippen LogP contribution in [-0.4, -0.2) is 41.9 Å². The SMILES string of the molecule is CC(=O)N(C)C1c2ccccc2CC1N1CCCC1.Clc1ccccc1Cl. The number of benzene rings is 2. The molecule has 0 bridgehead atoms. The third kappa shape index (κ3) is 4.66. The second kappa shape index (κ2) is 9.09. The maximum Gasteiger partial charge on any atom is 0.219 e. The zero-order chi connectivity index (χ0) is 19.4. The number of hydrogen-bond acceptors (Lipinski definition) is 2. The Hall–Kier alpha value is -1.55.